The molecular formula is C9H13N3. The van der Waals surface area contributed by atoms with Gasteiger partial charge in [-0.2, -0.15) is 0 Å². The summed E-state index contributed by atoms with van der Waals surface area (Å²) < 4.78 is 0. The number of hydrogen-bond acceptors (Lipinski definition) is 2. The van der Waals surface area contributed by atoms with Crippen molar-refractivity contribution in [3.63, 3.8) is 0 Å². The zero-order valence-electron chi connectivity index (χ0n) is 7.09. The van der Waals surface area contributed by atoms with Crippen LogP contribution in [0.3, 0.4) is 0 Å². The number of rotatable bonds is 2. The Labute approximate surface area is 71.9 Å². The molecule has 0 amide bonds. The Morgan fingerprint density at radius 1 is 1.50 bits per heavy atom. The fraction of sp³-hybridized carbons (Fsp3) is 0.222. The van der Waals surface area contributed by atoms with Crippen molar-refractivity contribution in [2.45, 2.75) is 13.3 Å². The molecule has 0 spiro atoms. The maximum Gasteiger partial charge on any atom is 0.123 e. The molecule has 0 atom stereocenters. The molecule has 0 saturated carbocycles. The number of benzene rings is 1. The molecule has 0 aliphatic heterocycles. The van der Waals surface area contributed by atoms with Crippen LogP contribution in [0, 0.1) is 5.41 Å². The van der Waals surface area contributed by atoms with E-state index in [4.69, 9.17) is 16.9 Å². The van der Waals surface area contributed by atoms with Crippen LogP contribution in [0.1, 0.15) is 18.1 Å². The largest absolute Gasteiger partial charge is 0.399 e. The summed E-state index contributed by atoms with van der Waals surface area (Å²) in [4.78, 5) is 0. The molecule has 1 rings (SSSR count). The van der Waals surface area contributed by atoms with Crippen LogP contribution in [-0.4, -0.2) is 5.84 Å². The van der Waals surface area contributed by atoms with Crippen LogP contribution in [0.4, 0.5) is 5.69 Å². The highest BCUT2D eigenvalue weighted by Crippen LogP contribution is 2.13. The molecule has 5 N–H and O–H groups in total. The fourth-order valence-corrected chi connectivity index (χ4v) is 1.17. The highest BCUT2D eigenvalue weighted by Gasteiger charge is 2.02. The predicted molar refractivity (Wildman–Crippen MR) is 51.2 cm³/mol. The monoisotopic (exact) mass is 163 g/mol. The normalized spacial score (nSPS) is 9.75. The Balaban J connectivity index is 3.20. The van der Waals surface area contributed by atoms with Crippen LogP contribution in [0.5, 0.6) is 0 Å². The van der Waals surface area contributed by atoms with E-state index in [2.05, 4.69) is 0 Å². The minimum atomic E-state index is 0.104. The fourth-order valence-electron chi connectivity index (χ4n) is 1.17. The summed E-state index contributed by atoms with van der Waals surface area (Å²) in [5, 5.41) is 7.29. The lowest BCUT2D eigenvalue weighted by atomic mass is 10.0. The lowest BCUT2D eigenvalue weighted by Crippen LogP contribution is -2.13. The highest BCUT2D eigenvalue weighted by molar-refractivity contribution is 5.96. The zero-order valence-corrected chi connectivity index (χ0v) is 7.09. The van der Waals surface area contributed by atoms with Crippen LogP contribution >= 0.6 is 0 Å². The number of hydrogen-bond donors (Lipinski definition) is 3. The third kappa shape index (κ3) is 1.56. The van der Waals surface area contributed by atoms with Gasteiger partial charge in [0.15, 0.2) is 0 Å². The number of nitrogens with two attached hydrogens (primary N) is 2. The van der Waals surface area contributed by atoms with E-state index in [9.17, 15) is 0 Å². The van der Waals surface area contributed by atoms with Gasteiger partial charge >= 0.3 is 0 Å². The maximum atomic E-state index is 7.29. The molecule has 0 bridgehead atoms. The van der Waals surface area contributed by atoms with Gasteiger partial charge in [-0.25, -0.2) is 0 Å². The molecule has 1 aromatic carbocycles. The average molecular weight is 163 g/mol. The van der Waals surface area contributed by atoms with Crippen molar-refractivity contribution in [3.8, 4) is 0 Å². The first-order chi connectivity index (χ1) is 5.65. The van der Waals surface area contributed by atoms with Gasteiger partial charge in [-0.05, 0) is 30.2 Å². The van der Waals surface area contributed by atoms with E-state index in [-0.39, 0.29) is 5.84 Å². The standard InChI is InChI=1S/C9H13N3/c1-2-6-5-7(10)3-4-8(6)9(11)12/h3-5H,2,10H2,1H3,(H3,11,12). The lowest BCUT2D eigenvalue weighted by Gasteiger charge is -2.06. The summed E-state index contributed by atoms with van der Waals surface area (Å²) >= 11 is 0. The van der Waals surface area contributed by atoms with Crippen LogP contribution < -0.4 is 11.5 Å². The molecule has 0 unspecified atom stereocenters. The van der Waals surface area contributed by atoms with Crippen LogP contribution in [-0.2, 0) is 6.42 Å². The summed E-state index contributed by atoms with van der Waals surface area (Å²) in [5.74, 6) is 0.104. The third-order valence-electron chi connectivity index (χ3n) is 1.80. The average Bonchev–Trinajstić information content (AvgIpc) is 2.03. The first-order valence-electron chi connectivity index (χ1n) is 3.88. The predicted octanol–water partition coefficient (Wildman–Crippen LogP) is 1.12. The molecule has 64 valence electrons. The summed E-state index contributed by atoms with van der Waals surface area (Å²) in [7, 11) is 0. The van der Waals surface area contributed by atoms with Crippen LogP contribution in [0.25, 0.3) is 0 Å². The van der Waals surface area contributed by atoms with Gasteiger partial charge in [0.1, 0.15) is 5.84 Å². The number of nitrogens with one attached hydrogen (secondary N) is 1. The minimum absolute atomic E-state index is 0.104. The highest BCUT2D eigenvalue weighted by atomic mass is 14.7. The van der Waals surface area contributed by atoms with Crippen molar-refractivity contribution < 1.29 is 0 Å². The van der Waals surface area contributed by atoms with E-state index in [1.807, 2.05) is 13.0 Å². The van der Waals surface area contributed by atoms with Crippen molar-refractivity contribution in [3.05, 3.63) is 29.3 Å². The molecule has 0 saturated heterocycles. The van der Waals surface area contributed by atoms with Crippen molar-refractivity contribution in [1.82, 2.24) is 0 Å². The van der Waals surface area contributed by atoms with E-state index >= 15 is 0 Å². The van der Waals surface area contributed by atoms with Crippen molar-refractivity contribution >= 4 is 11.5 Å². The van der Waals surface area contributed by atoms with E-state index < -0.39 is 0 Å². The summed E-state index contributed by atoms with van der Waals surface area (Å²) in [5.41, 5.74) is 13.5. The SMILES string of the molecule is CCc1cc(N)ccc1C(=N)N. The van der Waals surface area contributed by atoms with Crippen molar-refractivity contribution in [2.24, 2.45) is 5.73 Å². The summed E-state index contributed by atoms with van der Waals surface area (Å²) in [6.07, 6.45) is 0.847. The second kappa shape index (κ2) is 3.26. The van der Waals surface area contributed by atoms with E-state index in [1.165, 1.54) is 0 Å². The number of aryl methyl sites for hydroxylation is 1. The van der Waals surface area contributed by atoms with Gasteiger partial charge in [0.2, 0.25) is 0 Å². The Morgan fingerprint density at radius 2 is 2.17 bits per heavy atom. The molecule has 12 heavy (non-hydrogen) atoms. The molecule has 0 aliphatic carbocycles. The second-order valence-corrected chi connectivity index (χ2v) is 2.68. The number of amidine groups is 1. The molecule has 0 heterocycles. The molecule has 3 nitrogen and oxygen atoms in total. The number of anilines is 1. The third-order valence-corrected chi connectivity index (χ3v) is 1.80. The first-order valence-corrected chi connectivity index (χ1v) is 3.88. The molecule has 3 heteroatoms. The Kier molecular flexibility index (Phi) is 2.33. The molecule has 1 aromatic rings. The first kappa shape index (κ1) is 8.59. The van der Waals surface area contributed by atoms with E-state index in [1.54, 1.807) is 12.1 Å². The van der Waals surface area contributed by atoms with E-state index in [0.29, 0.717) is 0 Å². The minimum Gasteiger partial charge on any atom is -0.399 e. The summed E-state index contributed by atoms with van der Waals surface area (Å²) in [6, 6.07) is 5.41. The molecule has 0 aliphatic rings. The molecule has 0 fully saturated rings. The van der Waals surface area contributed by atoms with Gasteiger partial charge in [0, 0.05) is 11.3 Å². The molecule has 0 aromatic heterocycles. The van der Waals surface area contributed by atoms with Gasteiger partial charge < -0.3 is 11.5 Å². The number of nitrogen functional groups attached to an aromatic ring is 2. The second-order valence-electron chi connectivity index (χ2n) is 2.68. The van der Waals surface area contributed by atoms with Gasteiger partial charge in [-0.1, -0.05) is 6.92 Å². The van der Waals surface area contributed by atoms with Gasteiger partial charge in [-0.15, -0.1) is 0 Å². The molecule has 0 radical (unpaired) electrons. The van der Waals surface area contributed by atoms with Crippen molar-refractivity contribution in [1.29, 1.82) is 5.41 Å². The quantitative estimate of drug-likeness (QED) is 0.347. The topological polar surface area (TPSA) is 75.9 Å². The van der Waals surface area contributed by atoms with E-state index in [0.717, 1.165) is 23.2 Å². The van der Waals surface area contributed by atoms with Crippen LogP contribution in [0.2, 0.25) is 0 Å². The summed E-state index contributed by atoms with van der Waals surface area (Å²) in [6.45, 7) is 2.02. The smallest absolute Gasteiger partial charge is 0.123 e. The van der Waals surface area contributed by atoms with Crippen molar-refractivity contribution in [2.75, 3.05) is 5.73 Å². The van der Waals surface area contributed by atoms with Gasteiger partial charge in [0.05, 0.1) is 0 Å². The lowest BCUT2D eigenvalue weighted by molar-refractivity contribution is 1.13. The molecular weight excluding hydrogens is 150 g/mol. The van der Waals surface area contributed by atoms with Gasteiger partial charge in [-0.3, -0.25) is 5.41 Å². The maximum absolute atomic E-state index is 7.29. The van der Waals surface area contributed by atoms with Crippen LogP contribution in [0.15, 0.2) is 18.2 Å². The Hall–Kier alpha value is -1.51. The Bertz CT molecular complexity index is 305. The Morgan fingerprint density at radius 3 is 2.67 bits per heavy atom. The van der Waals surface area contributed by atoms with Gasteiger partial charge in [0.25, 0.3) is 0 Å². The zero-order chi connectivity index (χ0) is 9.14.